The van der Waals surface area contributed by atoms with E-state index in [1.54, 1.807) is 4.90 Å². The Morgan fingerprint density at radius 3 is 2.43 bits per heavy atom. The molecule has 1 rings (SSSR count). The molecule has 0 aliphatic carbocycles. The summed E-state index contributed by atoms with van der Waals surface area (Å²) in [5.74, 6) is 5.87. The van der Waals surface area contributed by atoms with Gasteiger partial charge in [0.2, 0.25) is 0 Å². The molecule has 0 saturated heterocycles. The average Bonchev–Trinajstić information content (AvgIpc) is 2.49. The second-order valence-electron chi connectivity index (χ2n) is 4.74. The van der Waals surface area contributed by atoms with E-state index in [1.165, 1.54) is 0 Å². The molecule has 114 valence electrons. The molecule has 21 heavy (non-hydrogen) atoms. The molecule has 0 spiro atoms. The van der Waals surface area contributed by atoms with E-state index in [0.717, 1.165) is 11.1 Å². The quantitative estimate of drug-likeness (QED) is 0.818. The zero-order valence-electron chi connectivity index (χ0n) is 13.0. The highest BCUT2D eigenvalue weighted by atomic mass is 16.2. The first-order chi connectivity index (χ1) is 10.1. The van der Waals surface area contributed by atoms with Gasteiger partial charge in [-0.05, 0) is 38.5 Å². The van der Waals surface area contributed by atoms with Crippen molar-refractivity contribution in [1.82, 2.24) is 10.2 Å². The second-order valence-corrected chi connectivity index (χ2v) is 4.74. The van der Waals surface area contributed by atoms with Crippen LogP contribution in [0, 0.1) is 11.8 Å². The molecule has 1 unspecified atom stereocenters. The lowest BCUT2D eigenvalue weighted by atomic mass is 10.1. The number of benzene rings is 1. The number of rotatable bonds is 5. The molecule has 2 N–H and O–H groups in total. The summed E-state index contributed by atoms with van der Waals surface area (Å²) < 4.78 is 0. The monoisotopic (exact) mass is 288 g/mol. The number of aliphatic hydroxyl groups excluding tert-OH is 1. The molecule has 0 aliphatic rings. The van der Waals surface area contributed by atoms with Gasteiger partial charge in [0.15, 0.2) is 0 Å². The fourth-order valence-corrected chi connectivity index (χ4v) is 1.95. The van der Waals surface area contributed by atoms with Crippen LogP contribution in [0.15, 0.2) is 24.3 Å². The molecule has 2 amide bonds. The van der Waals surface area contributed by atoms with Crippen LogP contribution in [-0.2, 0) is 0 Å². The van der Waals surface area contributed by atoms with Crippen LogP contribution < -0.4 is 5.32 Å². The van der Waals surface area contributed by atoms with Crippen molar-refractivity contribution in [2.45, 2.75) is 33.2 Å². The number of aliphatic hydroxyl groups is 1. The number of carbonyl (C=O) groups excluding carboxylic acids is 1. The number of hydrogen-bond acceptors (Lipinski definition) is 2. The van der Waals surface area contributed by atoms with E-state index in [4.69, 9.17) is 5.11 Å². The molecular formula is C17H24N2O2. The Balaban J connectivity index is 2.65. The van der Waals surface area contributed by atoms with Gasteiger partial charge >= 0.3 is 6.03 Å². The van der Waals surface area contributed by atoms with Gasteiger partial charge in [0.25, 0.3) is 0 Å². The van der Waals surface area contributed by atoms with Crippen molar-refractivity contribution in [3.8, 4) is 11.8 Å². The Morgan fingerprint density at radius 1 is 1.29 bits per heavy atom. The predicted octanol–water partition coefficient (Wildman–Crippen LogP) is 2.53. The molecule has 4 nitrogen and oxygen atoms in total. The summed E-state index contributed by atoms with van der Waals surface area (Å²) in [4.78, 5) is 13.8. The van der Waals surface area contributed by atoms with Gasteiger partial charge in [-0.1, -0.05) is 24.0 Å². The lowest BCUT2D eigenvalue weighted by molar-refractivity contribution is 0.200. The van der Waals surface area contributed by atoms with Crippen LogP contribution in [0.3, 0.4) is 0 Å². The fraction of sp³-hybridized carbons (Fsp3) is 0.471. The number of amides is 2. The summed E-state index contributed by atoms with van der Waals surface area (Å²) in [6.07, 6.45) is 0.484. The van der Waals surface area contributed by atoms with E-state index in [2.05, 4.69) is 17.2 Å². The number of hydrogen-bond donors (Lipinski definition) is 2. The largest absolute Gasteiger partial charge is 0.395 e. The minimum absolute atomic E-state index is 0.0423. The predicted molar refractivity (Wildman–Crippen MR) is 84.9 cm³/mol. The maximum Gasteiger partial charge on any atom is 0.317 e. The highest BCUT2D eigenvalue weighted by Crippen LogP contribution is 2.13. The third kappa shape index (κ3) is 5.49. The van der Waals surface area contributed by atoms with Crippen LogP contribution in [0.2, 0.25) is 0 Å². The Bertz CT molecular complexity index is 496. The van der Waals surface area contributed by atoms with Crippen molar-refractivity contribution in [3.63, 3.8) is 0 Å². The van der Waals surface area contributed by atoms with Gasteiger partial charge in [-0.3, -0.25) is 0 Å². The second kappa shape index (κ2) is 9.04. The number of nitrogens with one attached hydrogen (secondary N) is 1. The molecular weight excluding hydrogens is 264 g/mol. The van der Waals surface area contributed by atoms with E-state index in [0.29, 0.717) is 19.5 Å². The first kappa shape index (κ1) is 17.1. The van der Waals surface area contributed by atoms with Gasteiger partial charge in [-0.2, -0.15) is 0 Å². The van der Waals surface area contributed by atoms with Gasteiger partial charge in [0.1, 0.15) is 0 Å². The standard InChI is InChI=1S/C17H24N2O2/c1-4-19(5-2)17(21)18-14(3)16-11-9-15(10-12-16)8-6-7-13-20/h9-12,14,20H,4-5,7,13H2,1-3H3,(H,18,21). The molecule has 0 fully saturated rings. The number of urea groups is 1. The van der Waals surface area contributed by atoms with Gasteiger partial charge in [-0.25, -0.2) is 4.79 Å². The molecule has 1 aromatic rings. The lowest BCUT2D eigenvalue weighted by Crippen LogP contribution is -2.40. The molecule has 1 atom stereocenters. The van der Waals surface area contributed by atoms with Crippen molar-refractivity contribution in [1.29, 1.82) is 0 Å². The van der Waals surface area contributed by atoms with Gasteiger partial charge in [0, 0.05) is 25.1 Å². The third-order valence-corrected chi connectivity index (χ3v) is 3.27. The Kier molecular flexibility index (Phi) is 7.34. The van der Waals surface area contributed by atoms with Gasteiger partial charge in [-0.15, -0.1) is 0 Å². The minimum atomic E-state index is -0.0439. The molecule has 0 radical (unpaired) electrons. The summed E-state index contributed by atoms with van der Waals surface area (Å²) in [6.45, 7) is 7.39. The van der Waals surface area contributed by atoms with Crippen LogP contribution in [0.5, 0.6) is 0 Å². The van der Waals surface area contributed by atoms with E-state index >= 15 is 0 Å². The molecule has 0 bridgehead atoms. The zero-order chi connectivity index (χ0) is 15.7. The highest BCUT2D eigenvalue weighted by Gasteiger charge is 2.13. The maximum atomic E-state index is 12.0. The van der Waals surface area contributed by atoms with Crippen molar-refractivity contribution >= 4 is 6.03 Å². The maximum absolute atomic E-state index is 12.0. The van der Waals surface area contributed by atoms with Crippen molar-refractivity contribution < 1.29 is 9.90 Å². The SMILES string of the molecule is CCN(CC)C(=O)NC(C)c1ccc(C#CCCO)cc1. The van der Waals surface area contributed by atoms with Crippen LogP contribution in [-0.4, -0.2) is 35.7 Å². The smallest absolute Gasteiger partial charge is 0.317 e. The normalized spacial score (nSPS) is 11.2. The van der Waals surface area contributed by atoms with E-state index in [1.807, 2.05) is 45.0 Å². The summed E-state index contributed by atoms with van der Waals surface area (Å²) in [5.41, 5.74) is 1.96. The van der Waals surface area contributed by atoms with Crippen molar-refractivity contribution in [2.75, 3.05) is 19.7 Å². The van der Waals surface area contributed by atoms with Gasteiger partial charge < -0.3 is 15.3 Å². The average molecular weight is 288 g/mol. The van der Waals surface area contributed by atoms with E-state index < -0.39 is 0 Å². The summed E-state index contributed by atoms with van der Waals surface area (Å²) >= 11 is 0. The van der Waals surface area contributed by atoms with Crippen LogP contribution in [0.4, 0.5) is 4.79 Å². The third-order valence-electron chi connectivity index (χ3n) is 3.27. The van der Waals surface area contributed by atoms with Crippen LogP contribution in [0.1, 0.15) is 44.4 Å². The first-order valence-electron chi connectivity index (χ1n) is 7.37. The van der Waals surface area contributed by atoms with E-state index in [-0.39, 0.29) is 18.7 Å². The molecule has 0 aromatic heterocycles. The Labute approximate surface area is 127 Å². The minimum Gasteiger partial charge on any atom is -0.395 e. The summed E-state index contributed by atoms with van der Waals surface area (Å²) in [7, 11) is 0. The van der Waals surface area contributed by atoms with Crippen molar-refractivity contribution in [3.05, 3.63) is 35.4 Å². The Morgan fingerprint density at radius 2 is 1.90 bits per heavy atom. The topological polar surface area (TPSA) is 52.6 Å². The molecule has 0 heterocycles. The van der Waals surface area contributed by atoms with E-state index in [9.17, 15) is 4.79 Å². The number of carbonyl (C=O) groups is 1. The van der Waals surface area contributed by atoms with Crippen LogP contribution in [0.25, 0.3) is 0 Å². The summed E-state index contributed by atoms with van der Waals surface area (Å²) in [6, 6.07) is 7.71. The molecule has 0 saturated carbocycles. The summed E-state index contributed by atoms with van der Waals surface area (Å²) in [5, 5.41) is 11.7. The lowest BCUT2D eigenvalue weighted by Gasteiger charge is -2.22. The first-order valence-corrected chi connectivity index (χ1v) is 7.37. The fourth-order valence-electron chi connectivity index (χ4n) is 1.95. The van der Waals surface area contributed by atoms with Crippen LogP contribution >= 0.6 is 0 Å². The zero-order valence-corrected chi connectivity index (χ0v) is 13.0. The van der Waals surface area contributed by atoms with Crippen molar-refractivity contribution in [2.24, 2.45) is 0 Å². The Hall–Kier alpha value is -1.99. The molecule has 4 heteroatoms. The highest BCUT2D eigenvalue weighted by molar-refractivity contribution is 5.74. The van der Waals surface area contributed by atoms with Gasteiger partial charge in [0.05, 0.1) is 12.6 Å². The molecule has 1 aromatic carbocycles. The molecule has 0 aliphatic heterocycles. The number of nitrogens with zero attached hydrogens (tertiary/aromatic N) is 1.